The topological polar surface area (TPSA) is 134 Å². The molecule has 0 bridgehead atoms. The van der Waals surface area contributed by atoms with E-state index in [0.29, 0.717) is 32.7 Å². The van der Waals surface area contributed by atoms with Crippen molar-refractivity contribution in [1.29, 1.82) is 0 Å². The van der Waals surface area contributed by atoms with Crippen LogP contribution in [0.2, 0.25) is 10.0 Å². The summed E-state index contributed by atoms with van der Waals surface area (Å²) in [5.74, 6) is -2.84. The number of carboxylic acids is 1. The maximum atomic E-state index is 12.6. The Bertz CT molecular complexity index is 1490. The highest BCUT2D eigenvalue weighted by molar-refractivity contribution is 6.42. The van der Waals surface area contributed by atoms with Crippen molar-refractivity contribution in [3.05, 3.63) is 98.3 Å². The summed E-state index contributed by atoms with van der Waals surface area (Å²) in [7, 11) is 0. The van der Waals surface area contributed by atoms with E-state index < -0.39 is 23.9 Å². The highest BCUT2D eigenvalue weighted by Crippen LogP contribution is 2.27. The lowest BCUT2D eigenvalue weighted by Gasteiger charge is -2.20. The average Bonchev–Trinajstić information content (AvgIpc) is 2.87. The van der Waals surface area contributed by atoms with E-state index in [4.69, 9.17) is 23.2 Å². The molecule has 2 atom stereocenters. The number of rotatable bonds is 8. The van der Waals surface area contributed by atoms with Crippen LogP contribution in [0.1, 0.15) is 28.4 Å². The Kier molecular flexibility index (Phi) is 7.64. The number of carboxylic acid groups (broad SMARTS) is 1. The van der Waals surface area contributed by atoms with Gasteiger partial charge in [0.2, 0.25) is 0 Å². The minimum atomic E-state index is -1.36. The maximum absolute atomic E-state index is 12.6. The number of hydrogen-bond donors (Lipinski definition) is 3. The highest BCUT2D eigenvalue weighted by atomic mass is 35.5. The van der Waals surface area contributed by atoms with E-state index in [2.05, 4.69) is 15.6 Å². The standard InChI is InChI=1S/C25H20Cl2N4O5/c26-19-10-7-15(13-20(19)27)23(33)28-16-8-5-14(6-9-16)22(32)18(25(35)36)11-12-31-24(34)17-3-1-2-4-21(17)29-30-31/h1-10,13,18,22,32H,11-12H2,(H,28,33)(H,35,36)/t18-,22+/m0/s1. The summed E-state index contributed by atoms with van der Waals surface area (Å²) < 4.78 is 1.09. The van der Waals surface area contributed by atoms with Crippen molar-refractivity contribution >= 4 is 51.7 Å². The molecular weight excluding hydrogens is 507 g/mol. The predicted molar refractivity (Wildman–Crippen MR) is 135 cm³/mol. The van der Waals surface area contributed by atoms with Crippen LogP contribution in [0.4, 0.5) is 5.69 Å². The maximum Gasteiger partial charge on any atom is 0.309 e. The molecule has 1 amide bonds. The number of anilines is 1. The fraction of sp³-hybridized carbons (Fsp3) is 0.160. The zero-order valence-electron chi connectivity index (χ0n) is 18.6. The summed E-state index contributed by atoms with van der Waals surface area (Å²) in [5.41, 5.74) is 1.14. The van der Waals surface area contributed by atoms with E-state index in [1.165, 1.54) is 30.3 Å². The number of aliphatic carboxylic acids is 1. The second kappa shape index (κ2) is 10.9. The third kappa shape index (κ3) is 5.54. The van der Waals surface area contributed by atoms with Gasteiger partial charge in [0.15, 0.2) is 0 Å². The number of carbonyl (C=O) groups is 2. The molecule has 0 saturated heterocycles. The molecule has 0 aliphatic carbocycles. The van der Waals surface area contributed by atoms with E-state index in [1.54, 1.807) is 36.4 Å². The van der Waals surface area contributed by atoms with Gasteiger partial charge in [-0.25, -0.2) is 4.68 Å². The molecule has 1 aromatic heterocycles. The first kappa shape index (κ1) is 25.3. The van der Waals surface area contributed by atoms with E-state index >= 15 is 0 Å². The number of aromatic nitrogens is 3. The fourth-order valence-electron chi connectivity index (χ4n) is 3.68. The van der Waals surface area contributed by atoms with Crippen molar-refractivity contribution < 1.29 is 19.8 Å². The monoisotopic (exact) mass is 526 g/mol. The van der Waals surface area contributed by atoms with Gasteiger partial charge in [0.1, 0.15) is 5.52 Å². The lowest BCUT2D eigenvalue weighted by molar-refractivity contribution is -0.146. The van der Waals surface area contributed by atoms with Crippen LogP contribution in [0.25, 0.3) is 10.9 Å². The summed E-state index contributed by atoms with van der Waals surface area (Å²) >= 11 is 11.8. The van der Waals surface area contributed by atoms with Gasteiger partial charge in [-0.15, -0.1) is 5.10 Å². The molecule has 0 saturated carbocycles. The highest BCUT2D eigenvalue weighted by Gasteiger charge is 2.28. The summed E-state index contributed by atoms with van der Waals surface area (Å²) in [4.78, 5) is 37.0. The number of benzene rings is 3. The molecule has 0 spiro atoms. The molecule has 36 heavy (non-hydrogen) atoms. The third-order valence-electron chi connectivity index (χ3n) is 5.67. The molecule has 4 rings (SSSR count). The minimum Gasteiger partial charge on any atom is -0.481 e. The molecule has 3 aromatic carbocycles. The molecule has 9 nitrogen and oxygen atoms in total. The van der Waals surface area contributed by atoms with Crippen molar-refractivity contribution in [1.82, 2.24) is 15.0 Å². The molecule has 11 heteroatoms. The van der Waals surface area contributed by atoms with Crippen LogP contribution in [-0.2, 0) is 11.3 Å². The molecule has 0 unspecified atom stereocenters. The largest absolute Gasteiger partial charge is 0.481 e. The molecule has 0 fully saturated rings. The van der Waals surface area contributed by atoms with Gasteiger partial charge >= 0.3 is 5.97 Å². The van der Waals surface area contributed by atoms with Crippen molar-refractivity contribution in [3.63, 3.8) is 0 Å². The Hall–Kier alpha value is -3.79. The lowest BCUT2D eigenvalue weighted by Crippen LogP contribution is -2.29. The van der Waals surface area contributed by atoms with E-state index in [-0.39, 0.29) is 23.5 Å². The van der Waals surface area contributed by atoms with E-state index in [9.17, 15) is 24.6 Å². The molecule has 4 aromatic rings. The van der Waals surface area contributed by atoms with Crippen LogP contribution in [0.5, 0.6) is 0 Å². The fourth-order valence-corrected chi connectivity index (χ4v) is 3.98. The lowest BCUT2D eigenvalue weighted by atomic mass is 9.92. The predicted octanol–water partition coefficient (Wildman–Crippen LogP) is 4.18. The van der Waals surface area contributed by atoms with Gasteiger partial charge in [0.05, 0.1) is 27.5 Å². The first-order chi connectivity index (χ1) is 17.2. The summed E-state index contributed by atoms with van der Waals surface area (Å²) in [6, 6.07) is 17.4. The minimum absolute atomic E-state index is 0.0392. The number of nitrogens with one attached hydrogen (secondary N) is 1. The Morgan fingerprint density at radius 1 is 1.00 bits per heavy atom. The number of carbonyl (C=O) groups excluding carboxylic acids is 1. The number of halogens is 2. The molecule has 0 aliphatic rings. The SMILES string of the molecule is O=C(Nc1ccc([C@@H](O)[C@H](CCn2nnc3ccccc3c2=O)C(=O)O)cc1)c1ccc(Cl)c(Cl)c1. The molecular formula is C25H20Cl2N4O5. The van der Waals surface area contributed by atoms with Gasteiger partial charge in [0, 0.05) is 17.8 Å². The van der Waals surface area contributed by atoms with Crippen molar-refractivity contribution in [2.45, 2.75) is 19.1 Å². The average molecular weight is 527 g/mol. The van der Waals surface area contributed by atoms with E-state index in [1.807, 2.05) is 0 Å². The number of amides is 1. The number of nitrogens with zero attached hydrogens (tertiary/aromatic N) is 3. The van der Waals surface area contributed by atoms with Crippen LogP contribution >= 0.6 is 23.2 Å². The van der Waals surface area contributed by atoms with Crippen LogP contribution in [-0.4, -0.2) is 37.1 Å². The molecule has 0 aliphatic heterocycles. The number of aliphatic hydroxyl groups excluding tert-OH is 1. The summed E-state index contributed by atoms with van der Waals surface area (Å²) in [5, 5.41) is 32.0. The molecule has 0 radical (unpaired) electrons. The molecule has 3 N–H and O–H groups in total. The number of aryl methyl sites for hydroxylation is 1. The number of aliphatic hydroxyl groups is 1. The van der Waals surface area contributed by atoms with Gasteiger partial charge in [0.25, 0.3) is 11.5 Å². The first-order valence-corrected chi connectivity index (χ1v) is 11.6. The Balaban J connectivity index is 1.44. The Labute approximate surface area is 214 Å². The van der Waals surface area contributed by atoms with Gasteiger partial charge < -0.3 is 15.5 Å². The van der Waals surface area contributed by atoms with Crippen LogP contribution in [0, 0.1) is 5.92 Å². The van der Waals surface area contributed by atoms with Gasteiger partial charge in [-0.05, 0) is 54.4 Å². The number of hydrogen-bond acceptors (Lipinski definition) is 6. The molecule has 1 heterocycles. The second-order valence-electron chi connectivity index (χ2n) is 8.02. The van der Waals surface area contributed by atoms with Crippen molar-refractivity contribution in [2.75, 3.05) is 5.32 Å². The second-order valence-corrected chi connectivity index (χ2v) is 8.83. The number of fused-ring (bicyclic) bond motifs is 1. The van der Waals surface area contributed by atoms with E-state index in [0.717, 1.165) is 4.68 Å². The summed E-state index contributed by atoms with van der Waals surface area (Å²) in [6.07, 6.45) is -1.41. The first-order valence-electron chi connectivity index (χ1n) is 10.8. The Morgan fingerprint density at radius 2 is 1.72 bits per heavy atom. The van der Waals surface area contributed by atoms with Crippen LogP contribution < -0.4 is 10.9 Å². The quantitative estimate of drug-likeness (QED) is 0.313. The third-order valence-corrected chi connectivity index (χ3v) is 6.41. The summed E-state index contributed by atoms with van der Waals surface area (Å²) in [6.45, 7) is -0.0392. The smallest absolute Gasteiger partial charge is 0.309 e. The van der Waals surface area contributed by atoms with Crippen molar-refractivity contribution in [3.8, 4) is 0 Å². The normalized spacial score (nSPS) is 12.8. The Morgan fingerprint density at radius 3 is 2.42 bits per heavy atom. The van der Waals surface area contributed by atoms with Gasteiger partial charge in [-0.2, -0.15) is 0 Å². The van der Waals surface area contributed by atoms with Crippen LogP contribution in [0.3, 0.4) is 0 Å². The van der Waals surface area contributed by atoms with Crippen LogP contribution in [0.15, 0.2) is 71.5 Å². The van der Waals surface area contributed by atoms with Gasteiger partial charge in [-0.1, -0.05) is 52.7 Å². The van der Waals surface area contributed by atoms with Gasteiger partial charge in [-0.3, -0.25) is 14.4 Å². The zero-order chi connectivity index (χ0) is 25.8. The zero-order valence-corrected chi connectivity index (χ0v) is 20.1. The van der Waals surface area contributed by atoms with Crippen molar-refractivity contribution in [2.24, 2.45) is 5.92 Å². The molecule has 184 valence electrons.